The van der Waals surface area contributed by atoms with Crippen LogP contribution in [0.25, 0.3) is 0 Å². The lowest BCUT2D eigenvalue weighted by Crippen LogP contribution is -2.63. The van der Waals surface area contributed by atoms with Crippen molar-refractivity contribution in [2.24, 2.45) is 0 Å². The van der Waals surface area contributed by atoms with E-state index in [2.05, 4.69) is 5.32 Å². The maximum Gasteiger partial charge on any atom is 0.305 e. The predicted octanol–water partition coefficient (Wildman–Crippen LogP) is 0.971. The highest BCUT2D eigenvalue weighted by Gasteiger charge is 2.41. The van der Waals surface area contributed by atoms with Crippen LogP contribution < -0.4 is 5.32 Å². The Morgan fingerprint density at radius 3 is 2.71 bits per heavy atom. The number of benzene rings is 1. The minimum atomic E-state index is -1.01. The van der Waals surface area contributed by atoms with Crippen molar-refractivity contribution in [1.82, 2.24) is 10.2 Å². The van der Waals surface area contributed by atoms with Crippen molar-refractivity contribution in [1.29, 1.82) is 0 Å². The molecule has 0 unspecified atom stereocenters. The van der Waals surface area contributed by atoms with Gasteiger partial charge in [-0.3, -0.25) is 29.9 Å². The molecule has 1 aliphatic heterocycles. The van der Waals surface area contributed by atoms with Gasteiger partial charge in [-0.2, -0.15) is 4.39 Å². The Balaban J connectivity index is 2.33. The number of carbonyl (C=O) groups excluding carboxylic acids is 2. The molecule has 0 saturated carbocycles. The largest absolute Gasteiger partial charge is 0.305 e. The van der Waals surface area contributed by atoms with E-state index in [0.717, 1.165) is 6.07 Å². The second-order valence-corrected chi connectivity index (χ2v) is 5.30. The van der Waals surface area contributed by atoms with Gasteiger partial charge >= 0.3 is 5.69 Å². The minimum absolute atomic E-state index is 0.0692. The lowest BCUT2D eigenvalue weighted by molar-refractivity contribution is -0.387. The van der Waals surface area contributed by atoms with Crippen LogP contribution in [0.15, 0.2) is 18.2 Å². The molecule has 8 heteroatoms. The summed E-state index contributed by atoms with van der Waals surface area (Å²) in [5, 5.41) is 12.9. The van der Waals surface area contributed by atoms with Crippen molar-refractivity contribution in [3.63, 3.8) is 0 Å². The molecule has 7 nitrogen and oxygen atoms in total. The van der Waals surface area contributed by atoms with Crippen molar-refractivity contribution in [3.8, 4) is 0 Å². The average Bonchev–Trinajstić information content (AvgIpc) is 2.38. The third kappa shape index (κ3) is 2.75. The number of amides is 2. The normalized spacial score (nSPS) is 18.4. The van der Waals surface area contributed by atoms with Gasteiger partial charge in [-0.1, -0.05) is 12.1 Å². The predicted molar refractivity (Wildman–Crippen MR) is 70.7 cm³/mol. The second kappa shape index (κ2) is 5.21. The highest BCUT2D eigenvalue weighted by Crippen LogP contribution is 2.25. The Morgan fingerprint density at radius 2 is 2.10 bits per heavy atom. The highest BCUT2D eigenvalue weighted by atomic mass is 19.1. The number of halogens is 1. The first-order chi connectivity index (χ1) is 9.73. The number of nitro benzene ring substituents is 1. The summed E-state index contributed by atoms with van der Waals surface area (Å²) in [6, 6.07) is 3.84. The molecule has 1 saturated heterocycles. The monoisotopic (exact) mass is 295 g/mol. The summed E-state index contributed by atoms with van der Waals surface area (Å²) < 4.78 is 14.1. The molecule has 0 radical (unpaired) electrons. The van der Waals surface area contributed by atoms with Crippen LogP contribution in [-0.4, -0.2) is 33.7 Å². The van der Waals surface area contributed by atoms with Gasteiger partial charge in [0.15, 0.2) is 0 Å². The molecule has 0 aliphatic carbocycles. The SMILES string of the molecule is CC1(C)C(=O)NC(=O)CN1Cc1cccc([N+](=O)[O-])c1F. The standard InChI is InChI=1S/C13H14FN3O4/c1-13(2)12(19)15-10(18)7-16(13)6-8-4-3-5-9(11(8)14)17(20)21/h3-5H,6-7H2,1-2H3,(H,15,18,19). The molecule has 1 aromatic carbocycles. The van der Waals surface area contributed by atoms with Crippen molar-refractivity contribution >= 4 is 17.5 Å². The highest BCUT2D eigenvalue weighted by molar-refractivity contribution is 6.02. The zero-order valence-electron chi connectivity index (χ0n) is 11.6. The summed E-state index contributed by atoms with van der Waals surface area (Å²) >= 11 is 0. The van der Waals surface area contributed by atoms with Crippen LogP contribution in [0.3, 0.4) is 0 Å². The molecule has 0 spiro atoms. The molecule has 21 heavy (non-hydrogen) atoms. The zero-order valence-corrected chi connectivity index (χ0v) is 11.6. The smallest absolute Gasteiger partial charge is 0.294 e. The van der Waals surface area contributed by atoms with Gasteiger partial charge in [-0.25, -0.2) is 0 Å². The van der Waals surface area contributed by atoms with Gasteiger partial charge in [0.05, 0.1) is 17.0 Å². The number of hydrogen-bond donors (Lipinski definition) is 1. The summed E-state index contributed by atoms with van der Waals surface area (Å²) in [5.74, 6) is -1.91. The van der Waals surface area contributed by atoms with E-state index in [0.29, 0.717) is 0 Å². The molecule has 1 heterocycles. The van der Waals surface area contributed by atoms with Gasteiger partial charge in [0.25, 0.3) is 0 Å². The van der Waals surface area contributed by atoms with Gasteiger partial charge in [-0.15, -0.1) is 0 Å². The Bertz CT molecular complexity index is 630. The van der Waals surface area contributed by atoms with Crippen LogP contribution in [0.5, 0.6) is 0 Å². The van der Waals surface area contributed by atoms with Gasteiger partial charge < -0.3 is 0 Å². The van der Waals surface area contributed by atoms with Crippen LogP contribution in [0, 0.1) is 15.9 Å². The minimum Gasteiger partial charge on any atom is -0.294 e. The van der Waals surface area contributed by atoms with E-state index in [9.17, 15) is 24.1 Å². The molecule has 2 amide bonds. The van der Waals surface area contributed by atoms with Gasteiger partial charge in [-0.05, 0) is 13.8 Å². The van der Waals surface area contributed by atoms with Crippen LogP contribution >= 0.6 is 0 Å². The van der Waals surface area contributed by atoms with Gasteiger partial charge in [0.2, 0.25) is 17.6 Å². The van der Waals surface area contributed by atoms with Crippen LogP contribution in [0.2, 0.25) is 0 Å². The molecule has 1 N–H and O–H groups in total. The first kappa shape index (κ1) is 15.0. The third-order valence-corrected chi connectivity index (χ3v) is 3.55. The lowest BCUT2D eigenvalue weighted by Gasteiger charge is -2.40. The van der Waals surface area contributed by atoms with Crippen molar-refractivity contribution in [3.05, 3.63) is 39.7 Å². The summed E-state index contributed by atoms with van der Waals surface area (Å²) in [6.45, 7) is 3.05. The summed E-state index contributed by atoms with van der Waals surface area (Å²) in [7, 11) is 0. The number of nitrogens with zero attached hydrogens (tertiary/aromatic N) is 2. The number of carbonyl (C=O) groups is 2. The first-order valence-electron chi connectivity index (χ1n) is 6.24. The third-order valence-electron chi connectivity index (χ3n) is 3.55. The first-order valence-corrected chi connectivity index (χ1v) is 6.24. The zero-order chi connectivity index (χ0) is 15.8. The fourth-order valence-corrected chi connectivity index (χ4v) is 2.12. The van der Waals surface area contributed by atoms with E-state index in [1.54, 1.807) is 13.8 Å². The number of piperazine rings is 1. The Labute approximate surface area is 119 Å². The summed E-state index contributed by atoms with van der Waals surface area (Å²) in [6.07, 6.45) is 0. The fourth-order valence-electron chi connectivity index (χ4n) is 2.12. The fraction of sp³-hybridized carbons (Fsp3) is 0.385. The molecular formula is C13H14FN3O4. The molecule has 1 aromatic rings. The molecule has 0 atom stereocenters. The quantitative estimate of drug-likeness (QED) is 0.509. The Morgan fingerprint density at radius 1 is 1.43 bits per heavy atom. The van der Waals surface area contributed by atoms with Crippen LogP contribution in [0.1, 0.15) is 19.4 Å². The van der Waals surface area contributed by atoms with Crippen molar-refractivity contribution < 1.29 is 18.9 Å². The van der Waals surface area contributed by atoms with E-state index < -0.39 is 33.8 Å². The number of nitro groups is 1. The molecular weight excluding hydrogens is 281 g/mol. The van der Waals surface area contributed by atoms with E-state index in [4.69, 9.17) is 0 Å². The molecule has 2 rings (SSSR count). The second-order valence-electron chi connectivity index (χ2n) is 5.30. The Hall–Kier alpha value is -2.35. The van der Waals surface area contributed by atoms with Crippen LogP contribution in [-0.2, 0) is 16.1 Å². The molecule has 112 valence electrons. The van der Waals surface area contributed by atoms with Crippen molar-refractivity contribution in [2.75, 3.05) is 6.54 Å². The van der Waals surface area contributed by atoms with Crippen molar-refractivity contribution in [2.45, 2.75) is 25.9 Å². The topological polar surface area (TPSA) is 92.6 Å². The van der Waals surface area contributed by atoms with Gasteiger partial charge in [0.1, 0.15) is 0 Å². The van der Waals surface area contributed by atoms with E-state index in [1.165, 1.54) is 17.0 Å². The molecule has 0 bridgehead atoms. The average molecular weight is 295 g/mol. The molecule has 1 fully saturated rings. The lowest BCUT2D eigenvalue weighted by atomic mass is 9.97. The van der Waals surface area contributed by atoms with Gasteiger partial charge in [0, 0.05) is 18.2 Å². The summed E-state index contributed by atoms with van der Waals surface area (Å²) in [5.41, 5.74) is -1.57. The summed E-state index contributed by atoms with van der Waals surface area (Å²) in [4.78, 5) is 34.7. The molecule has 0 aromatic heterocycles. The number of hydrogen-bond acceptors (Lipinski definition) is 5. The molecule has 1 aliphatic rings. The van der Waals surface area contributed by atoms with E-state index in [-0.39, 0.29) is 18.7 Å². The maximum absolute atomic E-state index is 14.1. The van der Waals surface area contributed by atoms with E-state index >= 15 is 0 Å². The number of rotatable bonds is 3. The van der Waals surface area contributed by atoms with E-state index in [1.807, 2.05) is 0 Å². The maximum atomic E-state index is 14.1. The van der Waals surface area contributed by atoms with Crippen LogP contribution in [0.4, 0.5) is 10.1 Å². The number of imide groups is 1. The Kier molecular flexibility index (Phi) is 3.73. The number of nitrogens with one attached hydrogen (secondary N) is 1.